The molecule has 0 aliphatic carbocycles. The number of aliphatic carboxylic acids is 2. The number of aromatic amines is 2. The van der Waals surface area contributed by atoms with E-state index in [0.29, 0.717) is 29.3 Å². The number of nitrogens with zero attached hydrogens (tertiary/aromatic N) is 1. The summed E-state index contributed by atoms with van der Waals surface area (Å²) in [5, 5.41) is 84.0. The topological polar surface area (TPSA) is 834 Å². The second-order valence-electron chi connectivity index (χ2n) is 39.6. The molecule has 0 aliphatic rings. The number of carboxylic acids is 2. The van der Waals surface area contributed by atoms with Gasteiger partial charge in [0.15, 0.2) is 5.96 Å². The van der Waals surface area contributed by atoms with Crippen LogP contribution in [0.1, 0.15) is 245 Å². The fraction of sp³-hybridized carbons (Fsp3) is 0.656. The number of rotatable bonds is 69. The standard InChI is InChI=1S/C96H159N27O24/c1-18-20-28-59(111-85(138)66(41-49(5)6)114-82(135)63(33-36-71(99)126)113-89(142)75(52(11)19-2)121-83(136)64(34-37-72(127)128)119-93(147)96(16,17)123-90(143)73(50(7)8)122-92(146)95(14,15)102)79(132)117-68(43-56-45-103-47-106-56)87(140)112-62(32-35-70(98)125)81(134)110-60(31-24-26-39-104-94(100)101)78(131)107-53(12)76(129)109-61(30-23-25-38-97)80(133)116-67(42-55-44-105-58-29-22-21-27-57(55)58)86(139)115-65(40-48(3)4)84(137)108-54(13)77(130)118-69(46-124)88(141)120-74(51(9)10)91(144)145/h21-22,27,29,44-45,47-54,59-69,73-75,105,124H,18-20,23-26,28,30-43,46,97,102H2,1-17H3,(H2,98,125)(H2,99,126)(H,103,106)(H,107,131)(H,108,137)(H,109,129)(H,110,134)(H,111,138)(H,112,140)(H,113,142)(H,114,135)(H,115,139)(H,116,133)(H,117,132)(H,118,130)(H,119,147)(H,120,141)(H,121,136)(H,122,146)(H,123,143)(H,127,128)(H,144,145)(H4,100,101,104)/t52-,53-,54-,59-,60-,61-,62-,63-,64-,65-,66-,67-,68-,69-,73-,74-,75-/m0/s1. The van der Waals surface area contributed by atoms with Crippen molar-refractivity contribution in [1.82, 2.24) is 111 Å². The van der Waals surface area contributed by atoms with E-state index >= 15 is 4.79 Å². The van der Waals surface area contributed by atoms with Crippen LogP contribution in [0.2, 0.25) is 0 Å². The van der Waals surface area contributed by atoms with Crippen LogP contribution in [0.25, 0.3) is 10.9 Å². The average Bonchev–Trinajstić information content (AvgIpc) is 1.69. The number of unbranched alkanes of at least 4 members (excludes halogenated alkanes) is 3. The number of amides is 19. The summed E-state index contributed by atoms with van der Waals surface area (Å²) >= 11 is 0. The van der Waals surface area contributed by atoms with Crippen molar-refractivity contribution in [3.63, 3.8) is 0 Å². The highest BCUT2D eigenvalue weighted by Crippen LogP contribution is 2.23. The Bertz CT molecular complexity index is 4960. The van der Waals surface area contributed by atoms with Crippen LogP contribution >= 0.6 is 0 Å². The molecule has 0 bridgehead atoms. The molecule has 1 aromatic carbocycles. The minimum Gasteiger partial charge on any atom is -0.481 e. The van der Waals surface area contributed by atoms with Gasteiger partial charge in [-0.05, 0) is 166 Å². The zero-order valence-corrected chi connectivity index (χ0v) is 87.2. The summed E-state index contributed by atoms with van der Waals surface area (Å²) in [7, 11) is 0. The van der Waals surface area contributed by atoms with E-state index in [4.69, 9.17) is 34.1 Å². The number of benzene rings is 1. The Morgan fingerprint density at radius 3 is 1.27 bits per heavy atom. The zero-order chi connectivity index (χ0) is 111. The number of fused-ring (bicyclic) bond motifs is 1. The number of nitrogens with two attached hydrogens (primary N) is 5. The Hall–Kier alpha value is -14.0. The van der Waals surface area contributed by atoms with Gasteiger partial charge >= 0.3 is 11.9 Å². The molecule has 0 unspecified atom stereocenters. The van der Waals surface area contributed by atoms with Crippen LogP contribution in [-0.2, 0) is 114 Å². The van der Waals surface area contributed by atoms with Crippen LogP contribution in [0.15, 0.2) is 43.0 Å². The van der Waals surface area contributed by atoms with Gasteiger partial charge in [0.1, 0.15) is 102 Å². The van der Waals surface area contributed by atoms with Crippen molar-refractivity contribution in [3.8, 4) is 0 Å². The molecule has 51 nitrogen and oxygen atoms in total. The maximum absolute atomic E-state index is 15.0. The summed E-state index contributed by atoms with van der Waals surface area (Å²) in [4.78, 5) is 303. The monoisotopic (exact) mass is 2070 g/mol. The molecule has 0 spiro atoms. The molecule has 2 aromatic heterocycles. The highest BCUT2D eigenvalue weighted by Gasteiger charge is 2.43. The van der Waals surface area contributed by atoms with Crippen LogP contribution in [-0.4, -0.2) is 288 Å². The summed E-state index contributed by atoms with van der Waals surface area (Å²) in [6.07, 6.45) is 1.40. The quantitative estimate of drug-likeness (QED) is 0.0145. The molecule has 0 fully saturated rings. The Labute approximate surface area is 855 Å². The number of imidazole rings is 1. The highest BCUT2D eigenvalue weighted by molar-refractivity contribution is 6.03. The van der Waals surface area contributed by atoms with Crippen molar-refractivity contribution in [2.24, 2.45) is 58.3 Å². The van der Waals surface area contributed by atoms with Crippen LogP contribution in [0.5, 0.6) is 0 Å². The number of carbonyl (C=O) groups excluding carboxylic acids is 19. The first-order valence-corrected chi connectivity index (χ1v) is 49.7. The van der Waals surface area contributed by atoms with E-state index in [1.807, 2.05) is 0 Å². The highest BCUT2D eigenvalue weighted by atomic mass is 16.4. The molecular formula is C96H159N27O24. The fourth-order valence-corrected chi connectivity index (χ4v) is 15.1. The molecule has 3 rings (SSSR count). The van der Waals surface area contributed by atoms with Crippen LogP contribution in [0.4, 0.5) is 0 Å². The minimum absolute atomic E-state index is 0.0357. The van der Waals surface area contributed by atoms with Gasteiger partial charge in [-0.25, -0.2) is 9.78 Å². The number of guanidine groups is 1. The maximum Gasteiger partial charge on any atom is 0.326 e. The summed E-state index contributed by atoms with van der Waals surface area (Å²) in [5.41, 5.74) is 26.8. The van der Waals surface area contributed by atoms with Gasteiger partial charge in [-0.1, -0.05) is 114 Å². The lowest BCUT2D eigenvalue weighted by atomic mass is 9.96. The van der Waals surface area contributed by atoms with Crippen LogP contribution in [0.3, 0.4) is 0 Å². The molecule has 34 N–H and O–H groups in total. The fourth-order valence-electron chi connectivity index (χ4n) is 15.1. The number of aromatic nitrogens is 3. The van der Waals surface area contributed by atoms with Crippen molar-refractivity contribution in [1.29, 1.82) is 5.41 Å². The lowest BCUT2D eigenvalue weighted by Gasteiger charge is -2.32. The van der Waals surface area contributed by atoms with Crippen molar-refractivity contribution in [2.45, 2.75) is 354 Å². The lowest BCUT2D eigenvalue weighted by molar-refractivity contribution is -0.144. The predicted octanol–water partition coefficient (Wildman–Crippen LogP) is -4.00. The molecule has 0 radical (unpaired) electrons. The molecule has 147 heavy (non-hydrogen) atoms. The van der Waals surface area contributed by atoms with Crippen molar-refractivity contribution in [2.75, 3.05) is 19.7 Å². The lowest BCUT2D eigenvalue weighted by Crippen LogP contribution is -2.64. The molecule has 19 amide bonds. The molecule has 3 aromatic rings. The zero-order valence-electron chi connectivity index (χ0n) is 87.2. The van der Waals surface area contributed by atoms with Gasteiger partial charge in [0.05, 0.1) is 18.5 Å². The number of nitrogens with one attached hydrogen (secondary N) is 21. The van der Waals surface area contributed by atoms with E-state index in [0.717, 1.165) is 0 Å². The van der Waals surface area contributed by atoms with Gasteiger partial charge in [0.2, 0.25) is 112 Å². The second-order valence-corrected chi connectivity index (χ2v) is 39.6. The molecule has 822 valence electrons. The van der Waals surface area contributed by atoms with Crippen molar-refractivity contribution in [3.05, 3.63) is 54.2 Å². The first-order chi connectivity index (χ1) is 68.8. The largest absolute Gasteiger partial charge is 0.481 e. The molecule has 2 heterocycles. The van der Waals surface area contributed by atoms with Crippen LogP contribution < -0.4 is 124 Å². The number of carboxylic acid groups (broad SMARTS) is 2. The number of aliphatic hydroxyl groups excluding tert-OH is 1. The van der Waals surface area contributed by atoms with E-state index in [1.54, 1.807) is 92.8 Å². The van der Waals surface area contributed by atoms with Crippen molar-refractivity contribution < 1.29 is 116 Å². The van der Waals surface area contributed by atoms with E-state index in [9.17, 15) is 111 Å². The van der Waals surface area contributed by atoms with Gasteiger partial charge in [0, 0.05) is 67.6 Å². The molecule has 0 saturated heterocycles. The minimum atomic E-state index is -1.84. The summed E-state index contributed by atoms with van der Waals surface area (Å²) < 4.78 is 0. The Kier molecular flexibility index (Phi) is 54.3. The number of primary amides is 2. The van der Waals surface area contributed by atoms with E-state index in [1.165, 1.54) is 67.9 Å². The van der Waals surface area contributed by atoms with Crippen molar-refractivity contribution >= 4 is 141 Å². The number of aliphatic hydroxyl groups is 1. The third kappa shape index (κ3) is 45.3. The molecule has 0 aliphatic heterocycles. The third-order valence-corrected chi connectivity index (χ3v) is 24.0. The van der Waals surface area contributed by atoms with E-state index in [2.05, 4.69) is 111 Å². The first-order valence-electron chi connectivity index (χ1n) is 49.7. The molecule has 17 atom stereocenters. The van der Waals surface area contributed by atoms with Gasteiger partial charge < -0.3 is 150 Å². The molecule has 0 saturated carbocycles. The number of para-hydroxylation sites is 1. The first kappa shape index (κ1) is 127. The number of hydrogen-bond donors (Lipinski definition) is 29. The number of carbonyl (C=O) groups is 21. The summed E-state index contributed by atoms with van der Waals surface area (Å²) in [6.45, 7) is 25.4. The molecular weight excluding hydrogens is 1920 g/mol. The Morgan fingerprint density at radius 1 is 0.422 bits per heavy atom. The SMILES string of the molecule is CCCC[C@H](NC(=O)[C@H](CC(C)C)NC(=O)[C@H](CCC(N)=O)NC(=O)[C@@H](NC(=O)[C@H](CCC(=O)O)NC(=O)C(C)(C)NC(=O)[C@@H](NC(=O)C(C)(C)N)C(C)C)[C@@H](C)CC)C(=O)N[C@@H](Cc1cnc[nH]1)C(=O)N[C@@H](CCC(N)=O)C(=O)N[C@@H](CCCCNC(=N)N)C(=O)N[C@@H](C)C(=O)N[C@@H](CCCCN)C(=O)N[C@@H](Cc1c[nH]c2ccccc12)C(=O)N[C@@H](CC(C)C)C(=O)N[C@@H](C)C(=O)N[C@@H](CO)C(=O)N[C@H](C(=O)O)C(C)C. The van der Waals surface area contributed by atoms with E-state index < -0.39 is 301 Å². The normalized spacial score (nSPS) is 15.0. The predicted molar refractivity (Wildman–Crippen MR) is 540 cm³/mol. The van der Waals surface area contributed by atoms with Crippen LogP contribution in [0, 0.1) is 35.0 Å². The molecule has 51 heteroatoms. The maximum atomic E-state index is 15.0. The van der Waals surface area contributed by atoms with Gasteiger partial charge in [-0.3, -0.25) is 101 Å². The van der Waals surface area contributed by atoms with Gasteiger partial charge in [-0.2, -0.15) is 0 Å². The Morgan fingerprint density at radius 2 is 0.823 bits per heavy atom. The smallest absolute Gasteiger partial charge is 0.326 e. The average molecular weight is 2080 g/mol. The van der Waals surface area contributed by atoms with Gasteiger partial charge in [0.25, 0.3) is 0 Å². The summed E-state index contributed by atoms with van der Waals surface area (Å²) in [6, 6.07) is -17.5. The Balaban J connectivity index is 2.04. The number of H-pyrrole nitrogens is 2. The van der Waals surface area contributed by atoms with Gasteiger partial charge in [-0.15, -0.1) is 0 Å². The van der Waals surface area contributed by atoms with E-state index in [-0.39, 0.29) is 108 Å². The third-order valence-electron chi connectivity index (χ3n) is 24.0. The second kappa shape index (κ2) is 62.7. The summed E-state index contributed by atoms with van der Waals surface area (Å²) in [5.74, 6) is -24.0. The number of hydrogen-bond acceptors (Lipinski definition) is 26.